The second-order valence-electron chi connectivity index (χ2n) is 7.98. The van der Waals surface area contributed by atoms with E-state index in [0.29, 0.717) is 35.2 Å². The summed E-state index contributed by atoms with van der Waals surface area (Å²) in [6, 6.07) is 0.296. The lowest BCUT2D eigenvalue weighted by atomic mass is 9.78. The number of fused-ring (bicyclic) bond motifs is 3. The summed E-state index contributed by atoms with van der Waals surface area (Å²) < 4.78 is 0. The smallest absolute Gasteiger partial charge is 0.259 e. The van der Waals surface area contributed by atoms with Gasteiger partial charge in [0.1, 0.15) is 10.7 Å². The molecule has 0 radical (unpaired) electrons. The molecule has 7 heteroatoms. The van der Waals surface area contributed by atoms with E-state index in [1.165, 1.54) is 35.0 Å². The molecule has 0 bridgehead atoms. The highest BCUT2D eigenvalue weighted by Crippen LogP contribution is 2.34. The fourth-order valence-electron chi connectivity index (χ4n) is 4.39. The van der Waals surface area contributed by atoms with Crippen molar-refractivity contribution in [1.29, 1.82) is 0 Å². The van der Waals surface area contributed by atoms with Gasteiger partial charge in [0.2, 0.25) is 5.91 Å². The third kappa shape index (κ3) is 3.94. The van der Waals surface area contributed by atoms with Gasteiger partial charge in [0.05, 0.1) is 16.9 Å². The lowest BCUT2D eigenvalue weighted by molar-refractivity contribution is -0.119. The predicted octanol–water partition coefficient (Wildman–Crippen LogP) is 3.65. The molecule has 1 saturated carbocycles. The molecule has 3 atom stereocenters. The van der Waals surface area contributed by atoms with E-state index in [9.17, 15) is 9.59 Å². The highest BCUT2D eigenvalue weighted by Gasteiger charge is 2.28. The third-order valence-corrected chi connectivity index (χ3v) is 8.28. The maximum atomic E-state index is 12.5. The Bertz CT molecular complexity index is 904. The molecule has 1 amide bonds. The zero-order valence-electron chi connectivity index (χ0n) is 16.0. The fraction of sp³-hybridized carbons (Fsp3) is 0.650. The normalized spacial score (nSPS) is 24.9. The molecular weight excluding hydrogens is 378 g/mol. The zero-order chi connectivity index (χ0) is 19.0. The molecule has 0 aromatic carbocycles. The summed E-state index contributed by atoms with van der Waals surface area (Å²) in [5.41, 5.74) is 1.18. The lowest BCUT2D eigenvalue weighted by Gasteiger charge is -2.34. The number of rotatable bonds is 5. The summed E-state index contributed by atoms with van der Waals surface area (Å²) in [4.78, 5) is 34.5. The van der Waals surface area contributed by atoms with Crippen LogP contribution >= 0.6 is 23.1 Å². The molecule has 2 aliphatic rings. The maximum Gasteiger partial charge on any atom is 0.259 e. The van der Waals surface area contributed by atoms with Crippen LogP contribution in [0.3, 0.4) is 0 Å². The van der Waals surface area contributed by atoms with Crippen LogP contribution in [0.5, 0.6) is 0 Å². The van der Waals surface area contributed by atoms with Crippen molar-refractivity contribution < 1.29 is 4.79 Å². The van der Waals surface area contributed by atoms with Crippen molar-refractivity contribution in [3.8, 4) is 0 Å². The van der Waals surface area contributed by atoms with Crippen LogP contribution in [0.1, 0.15) is 55.8 Å². The summed E-state index contributed by atoms with van der Waals surface area (Å²) in [6.07, 6.45) is 6.73. The van der Waals surface area contributed by atoms with Crippen LogP contribution in [0.2, 0.25) is 0 Å². The van der Waals surface area contributed by atoms with Crippen LogP contribution in [0.25, 0.3) is 10.2 Å². The molecule has 27 heavy (non-hydrogen) atoms. The SMILES string of the molecule is CC1CCCC(NC(=O)CSCc2nc3sc4c(c3c(=O)[nH]2)CCC4)C1C. The number of carbonyl (C=O) groups is 1. The summed E-state index contributed by atoms with van der Waals surface area (Å²) in [6.45, 7) is 4.51. The molecule has 0 aliphatic heterocycles. The number of amides is 1. The van der Waals surface area contributed by atoms with Gasteiger partial charge in [-0.2, -0.15) is 0 Å². The molecule has 0 saturated heterocycles. The van der Waals surface area contributed by atoms with E-state index in [1.807, 2.05) is 0 Å². The van der Waals surface area contributed by atoms with Crippen molar-refractivity contribution in [2.45, 2.75) is 64.2 Å². The zero-order valence-corrected chi connectivity index (χ0v) is 17.6. The van der Waals surface area contributed by atoms with Gasteiger partial charge in [0.25, 0.3) is 5.56 Å². The molecule has 2 aromatic heterocycles. The number of nitrogens with one attached hydrogen (secondary N) is 2. The summed E-state index contributed by atoms with van der Waals surface area (Å²) in [5.74, 6) is 2.92. The number of H-pyrrole nitrogens is 1. The first-order chi connectivity index (χ1) is 13.0. The van der Waals surface area contributed by atoms with Gasteiger partial charge in [-0.05, 0) is 43.1 Å². The van der Waals surface area contributed by atoms with Crippen molar-refractivity contribution >= 4 is 39.2 Å². The van der Waals surface area contributed by atoms with E-state index in [2.05, 4.69) is 29.1 Å². The first kappa shape index (κ1) is 19.0. The molecule has 2 N–H and O–H groups in total. The van der Waals surface area contributed by atoms with Crippen LogP contribution in [-0.4, -0.2) is 27.7 Å². The quantitative estimate of drug-likeness (QED) is 0.796. The van der Waals surface area contributed by atoms with Crippen molar-refractivity contribution in [2.24, 2.45) is 11.8 Å². The standard InChI is InChI=1S/C20H27N3O2S2/c1-11-5-3-7-14(12(11)2)21-17(24)10-26-9-16-22-19(25)18-13-6-4-8-15(13)27-20(18)23-16/h11-12,14H,3-10H2,1-2H3,(H,21,24)(H,22,23,25). The Balaban J connectivity index is 1.34. The number of aryl methyl sites for hydroxylation is 2. The van der Waals surface area contributed by atoms with E-state index >= 15 is 0 Å². The van der Waals surface area contributed by atoms with Gasteiger partial charge in [-0.3, -0.25) is 9.59 Å². The minimum absolute atomic E-state index is 0.0236. The number of aromatic nitrogens is 2. The van der Waals surface area contributed by atoms with E-state index in [0.717, 1.165) is 35.9 Å². The van der Waals surface area contributed by atoms with Gasteiger partial charge in [0.15, 0.2) is 0 Å². The summed E-state index contributed by atoms with van der Waals surface area (Å²) in [5, 5.41) is 3.99. The number of thioether (sulfide) groups is 1. The number of hydrogen-bond donors (Lipinski definition) is 2. The maximum absolute atomic E-state index is 12.5. The topological polar surface area (TPSA) is 74.8 Å². The van der Waals surface area contributed by atoms with E-state index < -0.39 is 0 Å². The summed E-state index contributed by atoms with van der Waals surface area (Å²) >= 11 is 3.17. The monoisotopic (exact) mass is 405 g/mol. The van der Waals surface area contributed by atoms with Gasteiger partial charge in [-0.1, -0.05) is 26.7 Å². The minimum Gasteiger partial charge on any atom is -0.352 e. The number of hydrogen-bond acceptors (Lipinski definition) is 5. The Labute approximate surface area is 167 Å². The Morgan fingerprint density at radius 1 is 1.30 bits per heavy atom. The van der Waals surface area contributed by atoms with Crippen LogP contribution in [0, 0.1) is 11.8 Å². The van der Waals surface area contributed by atoms with Crippen molar-refractivity contribution in [3.05, 3.63) is 26.6 Å². The lowest BCUT2D eigenvalue weighted by Crippen LogP contribution is -2.44. The fourth-order valence-corrected chi connectivity index (χ4v) is 6.37. The van der Waals surface area contributed by atoms with Crippen molar-refractivity contribution in [1.82, 2.24) is 15.3 Å². The van der Waals surface area contributed by atoms with Crippen molar-refractivity contribution in [3.63, 3.8) is 0 Å². The average Bonchev–Trinajstić information content (AvgIpc) is 3.19. The second kappa shape index (κ2) is 7.95. The Morgan fingerprint density at radius 3 is 3.00 bits per heavy atom. The third-order valence-electron chi connectivity index (χ3n) is 6.15. The second-order valence-corrected chi connectivity index (χ2v) is 10.1. The summed E-state index contributed by atoms with van der Waals surface area (Å²) in [7, 11) is 0. The van der Waals surface area contributed by atoms with Crippen LogP contribution in [0.4, 0.5) is 0 Å². The van der Waals surface area contributed by atoms with Gasteiger partial charge >= 0.3 is 0 Å². The van der Waals surface area contributed by atoms with Gasteiger partial charge < -0.3 is 10.3 Å². The molecule has 2 aliphatic carbocycles. The first-order valence-corrected chi connectivity index (χ1v) is 11.9. The number of nitrogens with zero attached hydrogens (tertiary/aromatic N) is 1. The van der Waals surface area contributed by atoms with Crippen LogP contribution < -0.4 is 10.9 Å². The highest BCUT2D eigenvalue weighted by atomic mass is 32.2. The number of aromatic amines is 1. The Hall–Kier alpha value is -1.34. The van der Waals surface area contributed by atoms with E-state index in [4.69, 9.17) is 0 Å². The molecule has 5 nitrogen and oxygen atoms in total. The molecular formula is C20H27N3O2S2. The largest absolute Gasteiger partial charge is 0.352 e. The number of carbonyl (C=O) groups excluding carboxylic acids is 1. The van der Waals surface area contributed by atoms with E-state index in [-0.39, 0.29) is 11.5 Å². The predicted molar refractivity (Wildman–Crippen MR) is 113 cm³/mol. The van der Waals surface area contributed by atoms with Crippen molar-refractivity contribution in [2.75, 3.05) is 5.75 Å². The highest BCUT2D eigenvalue weighted by molar-refractivity contribution is 7.99. The molecule has 3 unspecified atom stereocenters. The first-order valence-electron chi connectivity index (χ1n) is 9.93. The van der Waals surface area contributed by atoms with Crippen LogP contribution in [0.15, 0.2) is 4.79 Å². The molecule has 4 rings (SSSR count). The Morgan fingerprint density at radius 2 is 2.15 bits per heavy atom. The van der Waals surface area contributed by atoms with Crippen LogP contribution in [-0.2, 0) is 23.4 Å². The van der Waals surface area contributed by atoms with Gasteiger partial charge in [-0.25, -0.2) is 4.98 Å². The Kier molecular flexibility index (Phi) is 5.60. The van der Waals surface area contributed by atoms with Gasteiger partial charge in [-0.15, -0.1) is 23.1 Å². The average molecular weight is 406 g/mol. The van der Waals surface area contributed by atoms with E-state index in [1.54, 1.807) is 11.3 Å². The molecule has 146 valence electrons. The van der Waals surface area contributed by atoms with Gasteiger partial charge in [0, 0.05) is 10.9 Å². The molecule has 2 heterocycles. The minimum atomic E-state index is -0.0236. The molecule has 1 fully saturated rings. The molecule has 2 aromatic rings. The number of thiophene rings is 1. The molecule has 0 spiro atoms.